The molecule has 0 aromatic heterocycles. The van der Waals surface area contributed by atoms with Crippen LogP contribution in [0.1, 0.15) is 23.7 Å². The van der Waals surface area contributed by atoms with Crippen molar-refractivity contribution in [1.82, 2.24) is 10.2 Å². The van der Waals surface area contributed by atoms with Crippen LogP contribution in [0.3, 0.4) is 0 Å². The van der Waals surface area contributed by atoms with Crippen molar-refractivity contribution < 1.29 is 14.3 Å². The van der Waals surface area contributed by atoms with E-state index in [9.17, 15) is 9.59 Å². The molecule has 6 nitrogen and oxygen atoms in total. The molecule has 1 aliphatic rings. The molecule has 1 amide bonds. The fourth-order valence-corrected chi connectivity index (χ4v) is 2.43. The van der Waals surface area contributed by atoms with Gasteiger partial charge in [0.25, 0.3) is 0 Å². The van der Waals surface area contributed by atoms with Gasteiger partial charge in [-0.2, -0.15) is 0 Å². The molecule has 1 saturated heterocycles. The molecule has 7 heteroatoms. The van der Waals surface area contributed by atoms with Gasteiger partial charge in [-0.15, -0.1) is 12.4 Å². The zero-order valence-corrected chi connectivity index (χ0v) is 14.2. The zero-order valence-electron chi connectivity index (χ0n) is 13.3. The predicted octanol–water partition coefficient (Wildman–Crippen LogP) is 1.52. The molecule has 2 rings (SSSR count). The summed E-state index contributed by atoms with van der Waals surface area (Å²) >= 11 is 0. The number of rotatable bonds is 5. The number of amides is 1. The number of nitrogens with one attached hydrogen (secondary N) is 2. The number of carbonyl (C=O) groups excluding carboxylic acids is 2. The van der Waals surface area contributed by atoms with E-state index >= 15 is 0 Å². The summed E-state index contributed by atoms with van der Waals surface area (Å²) < 4.78 is 5.01. The van der Waals surface area contributed by atoms with Crippen molar-refractivity contribution in [2.24, 2.45) is 0 Å². The maximum Gasteiger partial charge on any atom is 0.340 e. The van der Waals surface area contributed by atoms with Gasteiger partial charge in [0, 0.05) is 13.1 Å². The van der Waals surface area contributed by atoms with Crippen molar-refractivity contribution >= 4 is 30.0 Å². The molecule has 128 valence electrons. The molecule has 2 N–H and O–H groups in total. The Kier molecular flexibility index (Phi) is 8.61. The molecule has 23 heavy (non-hydrogen) atoms. The lowest BCUT2D eigenvalue weighted by molar-refractivity contribution is -0.117. The van der Waals surface area contributed by atoms with Gasteiger partial charge in [-0.25, -0.2) is 4.79 Å². The third-order valence-corrected chi connectivity index (χ3v) is 3.50. The molecular formula is C16H24ClN3O3. The van der Waals surface area contributed by atoms with Gasteiger partial charge in [0.05, 0.1) is 24.4 Å². The maximum atomic E-state index is 12.2. The van der Waals surface area contributed by atoms with E-state index in [-0.39, 0.29) is 18.3 Å². The third kappa shape index (κ3) is 6.17. The quantitative estimate of drug-likeness (QED) is 0.795. The molecule has 1 aromatic rings. The SMILES string of the molecule is CCOC(=O)c1ccccc1NC(=O)CN1CCCNCC1.Cl. The van der Waals surface area contributed by atoms with Crippen molar-refractivity contribution in [1.29, 1.82) is 0 Å². The number of esters is 1. The molecule has 0 saturated carbocycles. The Morgan fingerprint density at radius 1 is 1.26 bits per heavy atom. The van der Waals surface area contributed by atoms with Crippen molar-refractivity contribution in [2.75, 3.05) is 44.6 Å². The number of benzene rings is 1. The van der Waals surface area contributed by atoms with Gasteiger partial charge >= 0.3 is 5.97 Å². The van der Waals surface area contributed by atoms with E-state index in [0.717, 1.165) is 32.6 Å². The summed E-state index contributed by atoms with van der Waals surface area (Å²) in [6, 6.07) is 6.91. The van der Waals surface area contributed by atoms with Crippen molar-refractivity contribution in [3.8, 4) is 0 Å². The van der Waals surface area contributed by atoms with Gasteiger partial charge in [-0.1, -0.05) is 12.1 Å². The molecule has 0 aliphatic carbocycles. The van der Waals surface area contributed by atoms with Crippen molar-refractivity contribution in [3.05, 3.63) is 29.8 Å². The number of anilines is 1. The van der Waals surface area contributed by atoms with Crippen molar-refractivity contribution in [3.63, 3.8) is 0 Å². The summed E-state index contributed by atoms with van der Waals surface area (Å²) in [5.74, 6) is -0.531. The topological polar surface area (TPSA) is 70.7 Å². The Bertz CT molecular complexity index is 517. The first-order valence-electron chi connectivity index (χ1n) is 7.69. The highest BCUT2D eigenvalue weighted by Crippen LogP contribution is 2.16. The summed E-state index contributed by atoms with van der Waals surface area (Å²) in [5, 5.41) is 6.12. The number of carbonyl (C=O) groups is 2. The van der Waals surface area contributed by atoms with Crippen LogP contribution in [0.5, 0.6) is 0 Å². The summed E-state index contributed by atoms with van der Waals surface area (Å²) in [5.41, 5.74) is 0.883. The maximum absolute atomic E-state index is 12.2. The number of nitrogens with zero attached hydrogens (tertiary/aromatic N) is 1. The number of hydrogen-bond donors (Lipinski definition) is 2. The van der Waals surface area contributed by atoms with E-state index in [1.54, 1.807) is 31.2 Å². The smallest absolute Gasteiger partial charge is 0.340 e. The minimum Gasteiger partial charge on any atom is -0.462 e. The molecule has 0 radical (unpaired) electrons. The largest absolute Gasteiger partial charge is 0.462 e. The second kappa shape index (κ2) is 10.2. The van der Waals surface area contributed by atoms with E-state index in [2.05, 4.69) is 15.5 Å². The average Bonchev–Trinajstić information content (AvgIpc) is 2.76. The Labute approximate surface area is 143 Å². The molecule has 0 spiro atoms. The summed E-state index contributed by atoms with van der Waals surface area (Å²) in [6.07, 6.45) is 1.03. The summed E-state index contributed by atoms with van der Waals surface area (Å²) in [4.78, 5) is 26.2. The predicted molar refractivity (Wildman–Crippen MR) is 92.2 cm³/mol. The highest BCUT2D eigenvalue weighted by molar-refractivity contribution is 6.01. The second-order valence-electron chi connectivity index (χ2n) is 5.19. The molecule has 0 unspecified atom stereocenters. The van der Waals surface area contributed by atoms with Crippen LogP contribution >= 0.6 is 12.4 Å². The van der Waals surface area contributed by atoms with Crippen LogP contribution in [0.2, 0.25) is 0 Å². The summed E-state index contributed by atoms with van der Waals surface area (Å²) in [6.45, 7) is 6.04. The Morgan fingerprint density at radius 3 is 2.83 bits per heavy atom. The Balaban J connectivity index is 0.00000264. The number of para-hydroxylation sites is 1. The van der Waals surface area contributed by atoms with Gasteiger partial charge in [0.2, 0.25) is 5.91 Å². The van der Waals surface area contributed by atoms with Gasteiger partial charge in [0.1, 0.15) is 0 Å². The van der Waals surface area contributed by atoms with E-state index < -0.39 is 5.97 Å². The van der Waals surface area contributed by atoms with Crippen LogP contribution in [0.15, 0.2) is 24.3 Å². The normalized spacial score (nSPS) is 15.2. The zero-order chi connectivity index (χ0) is 15.8. The Morgan fingerprint density at radius 2 is 2.04 bits per heavy atom. The van der Waals surface area contributed by atoms with Crippen LogP contribution in [0.25, 0.3) is 0 Å². The van der Waals surface area contributed by atoms with Crippen molar-refractivity contribution in [2.45, 2.75) is 13.3 Å². The third-order valence-electron chi connectivity index (χ3n) is 3.50. The van der Waals surface area contributed by atoms with E-state index in [0.29, 0.717) is 24.4 Å². The number of ether oxygens (including phenoxy) is 1. The van der Waals surface area contributed by atoms with Crippen LogP contribution in [0, 0.1) is 0 Å². The van der Waals surface area contributed by atoms with Crippen LogP contribution < -0.4 is 10.6 Å². The first-order chi connectivity index (χ1) is 10.7. The van der Waals surface area contributed by atoms with Gasteiger partial charge in [-0.3, -0.25) is 9.69 Å². The molecular weight excluding hydrogens is 318 g/mol. The van der Waals surface area contributed by atoms with Gasteiger partial charge in [-0.05, 0) is 38.6 Å². The highest BCUT2D eigenvalue weighted by atomic mass is 35.5. The van der Waals surface area contributed by atoms with Gasteiger partial charge in [0.15, 0.2) is 0 Å². The molecule has 1 heterocycles. The van der Waals surface area contributed by atoms with Gasteiger partial charge < -0.3 is 15.4 Å². The van der Waals surface area contributed by atoms with Crippen LogP contribution in [-0.2, 0) is 9.53 Å². The lowest BCUT2D eigenvalue weighted by atomic mass is 10.2. The van der Waals surface area contributed by atoms with E-state index in [4.69, 9.17) is 4.74 Å². The fraction of sp³-hybridized carbons (Fsp3) is 0.500. The number of hydrogen-bond acceptors (Lipinski definition) is 5. The van der Waals surface area contributed by atoms with E-state index in [1.807, 2.05) is 0 Å². The van der Waals surface area contributed by atoms with Crippen LogP contribution in [0.4, 0.5) is 5.69 Å². The highest BCUT2D eigenvalue weighted by Gasteiger charge is 2.16. The minimum atomic E-state index is -0.419. The van der Waals surface area contributed by atoms with Crippen LogP contribution in [-0.4, -0.2) is 56.1 Å². The summed E-state index contributed by atoms with van der Waals surface area (Å²) in [7, 11) is 0. The lowest BCUT2D eigenvalue weighted by Crippen LogP contribution is -2.35. The number of halogens is 1. The average molecular weight is 342 g/mol. The standard InChI is InChI=1S/C16H23N3O3.ClH/c1-2-22-16(21)13-6-3-4-7-14(13)18-15(20)12-19-10-5-8-17-9-11-19;/h3-4,6-7,17H,2,5,8-12H2,1H3,(H,18,20);1H. The molecule has 1 fully saturated rings. The van der Waals surface area contributed by atoms with E-state index in [1.165, 1.54) is 0 Å². The first kappa shape index (κ1) is 19.4. The monoisotopic (exact) mass is 341 g/mol. The lowest BCUT2D eigenvalue weighted by Gasteiger charge is -2.19. The molecule has 0 bridgehead atoms. The first-order valence-corrected chi connectivity index (χ1v) is 7.69. The molecule has 1 aromatic carbocycles. The minimum absolute atomic E-state index is 0. The second-order valence-corrected chi connectivity index (χ2v) is 5.19. The fourth-order valence-electron chi connectivity index (χ4n) is 2.43. The molecule has 1 aliphatic heterocycles. The molecule has 0 atom stereocenters. The Hall–Kier alpha value is -1.63.